The normalized spacial score (nSPS) is 20.4. The van der Waals surface area contributed by atoms with E-state index in [1.807, 2.05) is 0 Å². The molecule has 0 saturated carbocycles. The lowest BCUT2D eigenvalue weighted by molar-refractivity contribution is 0.343. The van der Waals surface area contributed by atoms with E-state index in [4.69, 9.17) is 0 Å². The summed E-state index contributed by atoms with van der Waals surface area (Å²) in [4.78, 5) is 11.5. The van der Waals surface area contributed by atoms with Crippen LogP contribution in [0.1, 0.15) is 23.8 Å². The molecular formula is C9H9BrFNO. The molecular weight excluding hydrogens is 237 g/mol. The minimum absolute atomic E-state index is 0.0710. The number of rotatable bonds is 0. The first-order valence-electron chi connectivity index (χ1n) is 4.15. The van der Waals surface area contributed by atoms with E-state index < -0.39 is 6.17 Å². The molecule has 0 aliphatic carbocycles. The van der Waals surface area contributed by atoms with Crippen LogP contribution in [0.25, 0.3) is 0 Å². The number of fused-ring (bicyclic) bond motifs is 1. The Kier molecular flexibility index (Phi) is 2.02. The zero-order chi connectivity index (χ0) is 9.59. The highest BCUT2D eigenvalue weighted by atomic mass is 79.9. The van der Waals surface area contributed by atoms with Gasteiger partial charge in [0.2, 0.25) is 0 Å². The molecule has 0 aromatic carbocycles. The van der Waals surface area contributed by atoms with E-state index in [9.17, 15) is 9.18 Å². The van der Waals surface area contributed by atoms with Crippen LogP contribution in [0, 0.1) is 6.92 Å². The summed E-state index contributed by atoms with van der Waals surface area (Å²) in [6.07, 6.45) is -0.584. The molecule has 2 heterocycles. The van der Waals surface area contributed by atoms with Crippen molar-refractivity contribution in [3.63, 3.8) is 0 Å². The molecule has 1 aromatic heterocycles. The second-order valence-corrected chi connectivity index (χ2v) is 4.13. The Hall–Kier alpha value is -0.640. The van der Waals surface area contributed by atoms with E-state index >= 15 is 0 Å². The summed E-state index contributed by atoms with van der Waals surface area (Å²) in [5.41, 5.74) is 1.08. The summed E-state index contributed by atoms with van der Waals surface area (Å²) < 4.78 is 15.5. The fourth-order valence-corrected chi connectivity index (χ4v) is 2.50. The molecule has 0 spiro atoms. The SMILES string of the molecule is Cc1cc(Br)c2n(c1=O)CCC2F. The molecule has 1 unspecified atom stereocenters. The third kappa shape index (κ3) is 1.24. The third-order valence-corrected chi connectivity index (χ3v) is 3.00. The molecule has 0 bridgehead atoms. The van der Waals surface area contributed by atoms with Gasteiger partial charge in [-0.2, -0.15) is 0 Å². The first kappa shape index (κ1) is 8.94. The molecule has 4 heteroatoms. The average molecular weight is 246 g/mol. The van der Waals surface area contributed by atoms with Crippen molar-refractivity contribution >= 4 is 15.9 Å². The highest BCUT2D eigenvalue weighted by Crippen LogP contribution is 2.33. The summed E-state index contributed by atoms with van der Waals surface area (Å²) in [5, 5.41) is 0. The molecule has 1 aliphatic heterocycles. The molecule has 0 fully saturated rings. The number of aromatic nitrogens is 1. The number of hydrogen-bond acceptors (Lipinski definition) is 1. The van der Waals surface area contributed by atoms with Gasteiger partial charge in [0.25, 0.3) is 5.56 Å². The maximum Gasteiger partial charge on any atom is 0.253 e. The van der Waals surface area contributed by atoms with Crippen LogP contribution in [0.4, 0.5) is 4.39 Å². The maximum atomic E-state index is 13.3. The van der Waals surface area contributed by atoms with E-state index in [2.05, 4.69) is 15.9 Å². The number of halogens is 2. The fraction of sp³-hybridized carbons (Fsp3) is 0.444. The predicted molar refractivity (Wildman–Crippen MR) is 51.6 cm³/mol. The summed E-state index contributed by atoms with van der Waals surface area (Å²) >= 11 is 3.27. The number of nitrogens with zero attached hydrogens (tertiary/aromatic N) is 1. The molecule has 2 rings (SSSR count). The lowest BCUT2D eigenvalue weighted by Gasteiger charge is -2.07. The molecule has 70 valence electrons. The van der Waals surface area contributed by atoms with Crippen LogP contribution in [0.3, 0.4) is 0 Å². The molecule has 2 nitrogen and oxygen atoms in total. The topological polar surface area (TPSA) is 22.0 Å². The molecule has 0 amide bonds. The lowest BCUT2D eigenvalue weighted by atomic mass is 10.2. The van der Waals surface area contributed by atoms with E-state index in [0.29, 0.717) is 28.7 Å². The van der Waals surface area contributed by atoms with Gasteiger partial charge >= 0.3 is 0 Å². The standard InChI is InChI=1S/C9H9BrFNO/c1-5-4-6(10)8-7(11)2-3-12(8)9(5)13/h4,7H,2-3H2,1H3. The highest BCUT2D eigenvalue weighted by molar-refractivity contribution is 9.10. The van der Waals surface area contributed by atoms with Crippen molar-refractivity contribution in [3.8, 4) is 0 Å². The lowest BCUT2D eigenvalue weighted by Crippen LogP contribution is -2.21. The average Bonchev–Trinajstić information content (AvgIpc) is 2.44. The summed E-state index contributed by atoms with van der Waals surface area (Å²) in [7, 11) is 0. The summed E-state index contributed by atoms with van der Waals surface area (Å²) in [6, 6.07) is 1.69. The second kappa shape index (κ2) is 2.94. The van der Waals surface area contributed by atoms with E-state index in [0.717, 1.165) is 0 Å². The van der Waals surface area contributed by atoms with Crippen LogP contribution in [0.5, 0.6) is 0 Å². The Labute approximate surface area is 83.5 Å². The van der Waals surface area contributed by atoms with Crippen molar-refractivity contribution in [1.82, 2.24) is 4.57 Å². The van der Waals surface area contributed by atoms with Crippen molar-refractivity contribution < 1.29 is 4.39 Å². The largest absolute Gasteiger partial charge is 0.308 e. The van der Waals surface area contributed by atoms with Crippen LogP contribution in [-0.4, -0.2) is 4.57 Å². The van der Waals surface area contributed by atoms with Crippen molar-refractivity contribution in [2.45, 2.75) is 26.1 Å². The Morgan fingerprint density at radius 3 is 3.08 bits per heavy atom. The molecule has 1 atom stereocenters. The van der Waals surface area contributed by atoms with Gasteiger partial charge in [0.1, 0.15) is 6.17 Å². The smallest absolute Gasteiger partial charge is 0.253 e. The second-order valence-electron chi connectivity index (χ2n) is 3.27. The number of alkyl halides is 1. The van der Waals surface area contributed by atoms with Gasteiger partial charge in [-0.1, -0.05) is 0 Å². The van der Waals surface area contributed by atoms with Crippen molar-refractivity contribution in [2.75, 3.05) is 0 Å². The van der Waals surface area contributed by atoms with Gasteiger partial charge in [0.05, 0.1) is 5.69 Å². The zero-order valence-electron chi connectivity index (χ0n) is 7.18. The Bertz CT molecular complexity index is 413. The molecule has 0 radical (unpaired) electrons. The Morgan fingerprint density at radius 1 is 1.69 bits per heavy atom. The molecule has 1 aromatic rings. The molecule has 1 aliphatic rings. The van der Waals surface area contributed by atoms with Crippen LogP contribution >= 0.6 is 15.9 Å². The number of aryl methyl sites for hydroxylation is 1. The number of hydrogen-bond donors (Lipinski definition) is 0. The summed E-state index contributed by atoms with van der Waals surface area (Å²) in [5.74, 6) is 0. The van der Waals surface area contributed by atoms with Crippen molar-refractivity contribution in [2.24, 2.45) is 0 Å². The van der Waals surface area contributed by atoms with Gasteiger partial charge in [-0.3, -0.25) is 4.79 Å². The fourth-order valence-electron chi connectivity index (χ4n) is 1.70. The van der Waals surface area contributed by atoms with Gasteiger partial charge in [0, 0.05) is 23.0 Å². The zero-order valence-corrected chi connectivity index (χ0v) is 8.77. The molecule has 0 N–H and O–H groups in total. The minimum atomic E-state index is -0.998. The van der Waals surface area contributed by atoms with E-state index in [1.54, 1.807) is 13.0 Å². The van der Waals surface area contributed by atoms with E-state index in [-0.39, 0.29) is 5.56 Å². The molecule has 13 heavy (non-hydrogen) atoms. The monoisotopic (exact) mass is 245 g/mol. The molecule has 0 saturated heterocycles. The van der Waals surface area contributed by atoms with Gasteiger partial charge < -0.3 is 4.57 Å². The van der Waals surface area contributed by atoms with Crippen LogP contribution in [0.2, 0.25) is 0 Å². The Balaban J connectivity index is 2.77. The van der Waals surface area contributed by atoms with Gasteiger partial charge in [0.15, 0.2) is 0 Å². The first-order valence-corrected chi connectivity index (χ1v) is 4.94. The van der Waals surface area contributed by atoms with Crippen molar-refractivity contribution in [3.05, 3.63) is 32.2 Å². The van der Waals surface area contributed by atoms with Crippen LogP contribution < -0.4 is 5.56 Å². The first-order chi connectivity index (χ1) is 6.11. The van der Waals surface area contributed by atoms with Crippen LogP contribution in [0.15, 0.2) is 15.3 Å². The third-order valence-electron chi connectivity index (χ3n) is 2.36. The van der Waals surface area contributed by atoms with Crippen molar-refractivity contribution in [1.29, 1.82) is 0 Å². The van der Waals surface area contributed by atoms with E-state index in [1.165, 1.54) is 4.57 Å². The predicted octanol–water partition coefficient (Wildman–Crippen LogP) is 2.33. The van der Waals surface area contributed by atoms with Crippen LogP contribution in [-0.2, 0) is 6.54 Å². The number of pyridine rings is 1. The quantitative estimate of drug-likeness (QED) is 0.688. The van der Waals surface area contributed by atoms with Gasteiger partial charge in [-0.05, 0) is 28.9 Å². The highest BCUT2D eigenvalue weighted by Gasteiger charge is 2.25. The minimum Gasteiger partial charge on any atom is -0.308 e. The maximum absolute atomic E-state index is 13.3. The Morgan fingerprint density at radius 2 is 2.38 bits per heavy atom. The summed E-state index contributed by atoms with van der Waals surface area (Å²) in [6.45, 7) is 2.24. The van der Waals surface area contributed by atoms with Gasteiger partial charge in [-0.15, -0.1) is 0 Å². The van der Waals surface area contributed by atoms with Gasteiger partial charge in [-0.25, -0.2) is 4.39 Å².